The topological polar surface area (TPSA) is 204 Å². The van der Waals surface area contributed by atoms with Crippen LogP contribution in [0, 0.1) is 0 Å². The van der Waals surface area contributed by atoms with Gasteiger partial charge in [-0.25, -0.2) is 0 Å². The number of carbonyl (C=O) groups excluding carboxylic acids is 1. The number of primary amides is 1. The van der Waals surface area contributed by atoms with Crippen molar-refractivity contribution in [2.45, 2.75) is 49.5 Å². The number of aromatic nitrogens is 3. The molecule has 2 aliphatic heterocycles. The van der Waals surface area contributed by atoms with Crippen molar-refractivity contribution in [2.75, 3.05) is 53.3 Å². The van der Waals surface area contributed by atoms with E-state index in [4.69, 9.17) is 28.7 Å². The summed E-state index contributed by atoms with van der Waals surface area (Å²) in [7, 11) is 0. The van der Waals surface area contributed by atoms with Gasteiger partial charge in [-0.2, -0.15) is 26.7 Å². The second-order valence-corrected chi connectivity index (χ2v) is 9.45. The Morgan fingerprint density at radius 1 is 0.968 bits per heavy atom. The van der Waals surface area contributed by atoms with Gasteiger partial charge in [0, 0.05) is 50.3 Å². The minimum absolute atomic E-state index is 0.0721. The van der Waals surface area contributed by atoms with Gasteiger partial charge in [-0.15, -0.1) is 0 Å². The Kier molecular flexibility index (Phi) is 8.11. The molecule has 5 atom stereocenters. The van der Waals surface area contributed by atoms with Gasteiger partial charge in [-0.1, -0.05) is 0 Å². The van der Waals surface area contributed by atoms with Gasteiger partial charge in [0.2, 0.25) is 23.8 Å². The summed E-state index contributed by atoms with van der Waals surface area (Å²) in [6.07, 6.45) is 4.02. The first-order valence-electron chi connectivity index (χ1n) is 10.6. The van der Waals surface area contributed by atoms with Crippen molar-refractivity contribution >= 4 is 35.5 Å². The fourth-order valence-electron chi connectivity index (χ4n) is 4.06. The minimum atomic E-state index is -0.590. The van der Waals surface area contributed by atoms with E-state index < -0.39 is 11.9 Å². The van der Waals surface area contributed by atoms with E-state index in [1.165, 1.54) is 0 Å². The number of nitrogens with zero attached hydrogens (tertiary/aromatic N) is 5. The molecule has 0 bridgehead atoms. The van der Waals surface area contributed by atoms with Gasteiger partial charge in [0.05, 0.1) is 0 Å². The van der Waals surface area contributed by atoms with Gasteiger partial charge in [-0.3, -0.25) is 4.79 Å². The van der Waals surface area contributed by atoms with Crippen molar-refractivity contribution in [1.82, 2.24) is 15.0 Å². The molecular formula is C18H35N11OS. The standard InChI is InChI=1S/C18H35N11OS/c1-31-3-2-14(15(23)30)24-16-25-17(28-6-10(19)4-11(20)7-28)27-18(26-16)29-8-12(21)5-13(22)9-29/h10-14H,2-9,19-22H2,1H3,(H2,23,30)(H,24,25,26,27)/t10-,11+,12-,13+,14-/m1/s1. The van der Waals surface area contributed by atoms with Crippen LogP contribution in [0.15, 0.2) is 0 Å². The fraction of sp³-hybridized carbons (Fsp3) is 0.778. The quantitative estimate of drug-likeness (QED) is 0.244. The van der Waals surface area contributed by atoms with Gasteiger partial charge in [0.1, 0.15) is 6.04 Å². The van der Waals surface area contributed by atoms with Crippen LogP contribution < -0.4 is 43.8 Å². The molecule has 1 aromatic rings. The molecule has 0 aliphatic carbocycles. The lowest BCUT2D eigenvalue weighted by molar-refractivity contribution is -0.118. The molecule has 3 heterocycles. The Labute approximate surface area is 187 Å². The number of carbonyl (C=O) groups is 1. The molecule has 31 heavy (non-hydrogen) atoms. The van der Waals surface area contributed by atoms with Crippen LogP contribution in [-0.2, 0) is 4.79 Å². The molecule has 13 heteroatoms. The van der Waals surface area contributed by atoms with Crippen LogP contribution >= 0.6 is 11.8 Å². The summed E-state index contributed by atoms with van der Waals surface area (Å²) >= 11 is 1.64. The second kappa shape index (κ2) is 10.6. The van der Waals surface area contributed by atoms with E-state index in [-0.39, 0.29) is 30.1 Å². The average Bonchev–Trinajstić information content (AvgIpc) is 2.69. The third-order valence-electron chi connectivity index (χ3n) is 5.47. The smallest absolute Gasteiger partial charge is 0.240 e. The lowest BCUT2D eigenvalue weighted by Gasteiger charge is -2.37. The molecule has 12 nitrogen and oxygen atoms in total. The molecule has 0 aromatic carbocycles. The number of hydrogen-bond acceptors (Lipinski definition) is 12. The lowest BCUT2D eigenvalue weighted by atomic mass is 10.0. The fourth-order valence-corrected chi connectivity index (χ4v) is 4.53. The summed E-state index contributed by atoms with van der Waals surface area (Å²) in [5, 5.41) is 3.09. The summed E-state index contributed by atoms with van der Waals surface area (Å²) in [6.45, 7) is 2.34. The summed E-state index contributed by atoms with van der Waals surface area (Å²) in [5.74, 6) is 1.52. The van der Waals surface area contributed by atoms with Gasteiger partial charge >= 0.3 is 0 Å². The molecule has 0 radical (unpaired) electrons. The first kappa shape index (κ1) is 23.7. The Balaban J connectivity index is 1.92. The maximum absolute atomic E-state index is 11.9. The van der Waals surface area contributed by atoms with Crippen molar-refractivity contribution in [2.24, 2.45) is 28.7 Å². The number of hydrogen-bond donors (Lipinski definition) is 6. The number of anilines is 3. The van der Waals surface area contributed by atoms with E-state index in [2.05, 4.69) is 20.3 Å². The summed E-state index contributed by atoms with van der Waals surface area (Å²) < 4.78 is 0. The van der Waals surface area contributed by atoms with Gasteiger partial charge in [-0.05, 0) is 31.3 Å². The third-order valence-corrected chi connectivity index (χ3v) is 6.11. The molecule has 1 amide bonds. The highest BCUT2D eigenvalue weighted by Crippen LogP contribution is 2.22. The Hall–Kier alpha value is -1.93. The minimum Gasteiger partial charge on any atom is -0.368 e. The van der Waals surface area contributed by atoms with Crippen molar-refractivity contribution in [3.05, 3.63) is 0 Å². The van der Waals surface area contributed by atoms with Crippen LogP contribution in [0.5, 0.6) is 0 Å². The highest BCUT2D eigenvalue weighted by Gasteiger charge is 2.29. The Morgan fingerprint density at radius 3 is 1.81 bits per heavy atom. The number of piperidine rings is 2. The summed E-state index contributed by atoms with van der Waals surface area (Å²) in [4.78, 5) is 29.7. The van der Waals surface area contributed by atoms with Crippen LogP contribution in [0.3, 0.4) is 0 Å². The predicted octanol–water partition coefficient (Wildman–Crippen LogP) is -2.38. The van der Waals surface area contributed by atoms with Gasteiger partial charge in [0.25, 0.3) is 0 Å². The van der Waals surface area contributed by atoms with E-state index in [1.54, 1.807) is 11.8 Å². The van der Waals surface area contributed by atoms with Crippen LogP contribution in [-0.4, -0.2) is 89.3 Å². The lowest BCUT2D eigenvalue weighted by Crippen LogP contribution is -2.54. The zero-order valence-electron chi connectivity index (χ0n) is 18.0. The van der Waals surface area contributed by atoms with Gasteiger partial charge in [0.15, 0.2) is 0 Å². The zero-order valence-corrected chi connectivity index (χ0v) is 18.8. The third kappa shape index (κ3) is 6.53. The summed E-state index contributed by atoms with van der Waals surface area (Å²) in [6, 6.07) is -0.879. The molecule has 174 valence electrons. The maximum atomic E-state index is 11.9. The Bertz CT molecular complexity index is 689. The molecule has 2 saturated heterocycles. The summed E-state index contributed by atoms with van der Waals surface area (Å²) in [5.41, 5.74) is 30.3. The largest absolute Gasteiger partial charge is 0.368 e. The van der Waals surface area contributed by atoms with Crippen LogP contribution in [0.25, 0.3) is 0 Å². The zero-order chi connectivity index (χ0) is 22.5. The maximum Gasteiger partial charge on any atom is 0.240 e. The SMILES string of the molecule is CSCC[C@@H](Nc1nc(N2C[C@H](N)C[C@H](N)C2)nc(N2C[C@H](N)C[C@H](N)C2)n1)C(N)=O. The number of nitrogens with two attached hydrogens (primary N) is 5. The van der Waals surface area contributed by atoms with Gasteiger partial charge < -0.3 is 43.8 Å². The molecule has 3 rings (SSSR count). The van der Waals surface area contributed by atoms with Crippen molar-refractivity contribution in [3.63, 3.8) is 0 Å². The second-order valence-electron chi connectivity index (χ2n) is 8.46. The Morgan fingerprint density at radius 2 is 1.42 bits per heavy atom. The first-order valence-corrected chi connectivity index (χ1v) is 12.0. The van der Waals surface area contributed by atoms with E-state index >= 15 is 0 Å². The van der Waals surface area contributed by atoms with Crippen molar-refractivity contribution in [1.29, 1.82) is 0 Å². The molecule has 0 saturated carbocycles. The molecule has 1 aromatic heterocycles. The number of rotatable bonds is 8. The monoisotopic (exact) mass is 453 g/mol. The average molecular weight is 454 g/mol. The number of amides is 1. The van der Waals surface area contributed by atoms with Crippen LogP contribution in [0.2, 0.25) is 0 Å². The van der Waals surface area contributed by atoms with E-state index in [0.29, 0.717) is 44.5 Å². The molecule has 0 spiro atoms. The van der Waals surface area contributed by atoms with E-state index in [1.807, 2.05) is 16.1 Å². The van der Waals surface area contributed by atoms with Crippen LogP contribution in [0.4, 0.5) is 17.8 Å². The predicted molar refractivity (Wildman–Crippen MR) is 125 cm³/mol. The number of nitrogens with one attached hydrogen (secondary N) is 1. The van der Waals surface area contributed by atoms with E-state index in [9.17, 15) is 4.79 Å². The molecule has 11 N–H and O–H groups in total. The normalized spacial score (nSPS) is 27.8. The van der Waals surface area contributed by atoms with Crippen molar-refractivity contribution < 1.29 is 4.79 Å². The molecule has 2 fully saturated rings. The molecular weight excluding hydrogens is 418 g/mol. The molecule has 2 aliphatic rings. The highest BCUT2D eigenvalue weighted by molar-refractivity contribution is 7.98. The van der Waals surface area contributed by atoms with Crippen LogP contribution in [0.1, 0.15) is 19.3 Å². The van der Waals surface area contributed by atoms with E-state index in [0.717, 1.165) is 18.6 Å². The highest BCUT2D eigenvalue weighted by atomic mass is 32.2. The van der Waals surface area contributed by atoms with Crippen molar-refractivity contribution in [3.8, 4) is 0 Å². The molecule has 0 unspecified atom stereocenters. The first-order chi connectivity index (χ1) is 14.7. The number of thioether (sulfide) groups is 1.